The zero-order valence-electron chi connectivity index (χ0n) is 21.1. The lowest BCUT2D eigenvalue weighted by atomic mass is 10.0. The van der Waals surface area contributed by atoms with Crippen molar-refractivity contribution in [2.45, 2.75) is 0 Å². The van der Waals surface area contributed by atoms with Gasteiger partial charge in [0, 0.05) is 36.5 Å². The molecule has 0 amide bonds. The summed E-state index contributed by atoms with van der Waals surface area (Å²) in [5, 5.41) is 5.09. The largest absolute Gasteiger partial charge is 0.309 e. The topological polar surface area (TPSA) is 9.86 Å². The average molecular weight is 610 g/mol. The molecule has 0 unspecified atom stereocenters. The Morgan fingerprint density at radius 1 is 0.359 bits per heavy atom. The predicted octanol–water partition coefficient (Wildman–Crippen LogP) is 10.2. The number of para-hydroxylation sites is 3. The highest BCUT2D eigenvalue weighted by Crippen LogP contribution is 2.38. The molecular weight excluding hydrogens is 587 g/mol. The Labute approximate surface area is 239 Å². The zero-order valence-corrected chi connectivity index (χ0v) is 23.2. The molecule has 6 aromatic carbocycles. The summed E-state index contributed by atoms with van der Waals surface area (Å²) in [5.41, 5.74) is 9.73. The van der Waals surface area contributed by atoms with E-state index in [1.54, 1.807) is 0 Å². The van der Waals surface area contributed by atoms with E-state index in [4.69, 9.17) is 0 Å². The number of aromatic nitrogens is 2. The van der Waals surface area contributed by atoms with E-state index in [9.17, 15) is 0 Å². The molecule has 0 atom stereocenters. The van der Waals surface area contributed by atoms with Crippen molar-refractivity contribution in [1.82, 2.24) is 9.13 Å². The Bertz CT molecular complexity index is 2170. The minimum atomic E-state index is 1.18. The molecule has 0 aliphatic heterocycles. The van der Waals surface area contributed by atoms with Crippen molar-refractivity contribution < 1.29 is 0 Å². The van der Waals surface area contributed by atoms with Crippen molar-refractivity contribution in [2.24, 2.45) is 0 Å². The second-order valence-corrected chi connectivity index (χ2v) is 11.2. The minimum absolute atomic E-state index is 1.18. The van der Waals surface area contributed by atoms with Crippen molar-refractivity contribution in [3.63, 3.8) is 0 Å². The van der Waals surface area contributed by atoms with Gasteiger partial charge in [0.05, 0.1) is 22.1 Å². The molecule has 0 saturated heterocycles. The molecule has 0 spiro atoms. The van der Waals surface area contributed by atoms with Crippen LogP contribution >= 0.6 is 22.6 Å². The first-order valence-corrected chi connectivity index (χ1v) is 14.2. The van der Waals surface area contributed by atoms with Crippen molar-refractivity contribution in [3.8, 4) is 22.5 Å². The SMILES string of the molecule is Ic1ccc(-n2c3ccccc3c3cc(-c4ccc5c(c4)c4ccccc4n5-c4ccccc4)ccc32)cc1. The number of nitrogens with zero attached hydrogens (tertiary/aromatic N) is 2. The zero-order chi connectivity index (χ0) is 25.9. The third-order valence-corrected chi connectivity index (χ3v) is 8.50. The van der Waals surface area contributed by atoms with Crippen LogP contribution < -0.4 is 0 Å². The van der Waals surface area contributed by atoms with E-state index in [-0.39, 0.29) is 0 Å². The molecule has 0 saturated carbocycles. The Hall–Kier alpha value is -4.35. The van der Waals surface area contributed by atoms with Crippen molar-refractivity contribution >= 4 is 66.2 Å². The summed E-state index contributed by atoms with van der Waals surface area (Å²) in [5.74, 6) is 0. The summed E-state index contributed by atoms with van der Waals surface area (Å²) in [6, 6.07) is 50.6. The van der Waals surface area contributed by atoms with E-state index in [0.29, 0.717) is 0 Å². The fraction of sp³-hybridized carbons (Fsp3) is 0. The first-order valence-electron chi connectivity index (χ1n) is 13.1. The van der Waals surface area contributed by atoms with E-state index in [1.807, 2.05) is 0 Å². The number of benzene rings is 6. The third-order valence-electron chi connectivity index (χ3n) is 7.78. The molecule has 2 nitrogen and oxygen atoms in total. The summed E-state index contributed by atoms with van der Waals surface area (Å²) < 4.78 is 5.98. The van der Waals surface area contributed by atoms with Crippen molar-refractivity contribution in [3.05, 3.63) is 143 Å². The van der Waals surface area contributed by atoms with Crippen LogP contribution in [0.4, 0.5) is 0 Å². The van der Waals surface area contributed by atoms with Gasteiger partial charge in [-0.05, 0) is 107 Å². The molecule has 3 heteroatoms. The first kappa shape index (κ1) is 22.6. The number of fused-ring (bicyclic) bond motifs is 6. The highest BCUT2D eigenvalue weighted by Gasteiger charge is 2.15. The second-order valence-electron chi connectivity index (χ2n) is 9.98. The maximum atomic E-state index is 2.38. The Morgan fingerprint density at radius 2 is 0.795 bits per heavy atom. The molecule has 0 fully saturated rings. The van der Waals surface area contributed by atoms with Gasteiger partial charge in [0.15, 0.2) is 0 Å². The maximum Gasteiger partial charge on any atom is 0.0541 e. The summed E-state index contributed by atoms with van der Waals surface area (Å²) >= 11 is 2.37. The molecule has 0 radical (unpaired) electrons. The van der Waals surface area contributed by atoms with Gasteiger partial charge in [-0.15, -0.1) is 0 Å². The third kappa shape index (κ3) is 3.53. The van der Waals surface area contributed by atoms with Gasteiger partial charge < -0.3 is 9.13 Å². The lowest BCUT2D eigenvalue weighted by Gasteiger charge is -2.09. The van der Waals surface area contributed by atoms with Crippen LogP contribution in [0.2, 0.25) is 0 Å². The van der Waals surface area contributed by atoms with Crippen molar-refractivity contribution in [1.29, 1.82) is 0 Å². The lowest BCUT2D eigenvalue weighted by molar-refractivity contribution is 1.18. The molecule has 0 aliphatic rings. The lowest BCUT2D eigenvalue weighted by Crippen LogP contribution is -1.93. The fourth-order valence-electron chi connectivity index (χ4n) is 6.03. The summed E-state index contributed by atoms with van der Waals surface area (Å²) in [6.45, 7) is 0. The second kappa shape index (κ2) is 8.85. The van der Waals surface area contributed by atoms with Crippen LogP contribution in [-0.4, -0.2) is 9.13 Å². The molecule has 2 heterocycles. The molecule has 0 N–H and O–H groups in total. The van der Waals surface area contributed by atoms with Gasteiger partial charge in [0.25, 0.3) is 0 Å². The smallest absolute Gasteiger partial charge is 0.0541 e. The molecule has 8 aromatic rings. The molecule has 39 heavy (non-hydrogen) atoms. The van der Waals surface area contributed by atoms with Crippen LogP contribution in [0.15, 0.2) is 140 Å². The average Bonchev–Trinajstić information content (AvgIpc) is 3.50. The number of rotatable bonds is 3. The van der Waals surface area contributed by atoms with Gasteiger partial charge in [-0.2, -0.15) is 0 Å². The minimum Gasteiger partial charge on any atom is -0.309 e. The van der Waals surface area contributed by atoms with Crippen LogP contribution in [0.3, 0.4) is 0 Å². The van der Waals surface area contributed by atoms with E-state index >= 15 is 0 Å². The highest BCUT2D eigenvalue weighted by atomic mass is 127. The monoisotopic (exact) mass is 610 g/mol. The number of hydrogen-bond acceptors (Lipinski definition) is 0. The van der Waals surface area contributed by atoms with Gasteiger partial charge in [-0.25, -0.2) is 0 Å². The van der Waals surface area contributed by atoms with Gasteiger partial charge in [0.1, 0.15) is 0 Å². The quantitative estimate of drug-likeness (QED) is 0.176. The van der Waals surface area contributed by atoms with E-state index in [0.717, 1.165) is 0 Å². The van der Waals surface area contributed by atoms with Gasteiger partial charge >= 0.3 is 0 Å². The molecule has 2 aromatic heterocycles. The van der Waals surface area contributed by atoms with Gasteiger partial charge in [0.2, 0.25) is 0 Å². The van der Waals surface area contributed by atoms with Crippen LogP contribution in [-0.2, 0) is 0 Å². The van der Waals surface area contributed by atoms with Crippen molar-refractivity contribution in [2.75, 3.05) is 0 Å². The standard InChI is InChI=1S/C36H23IN2/c37-26-16-18-28(19-17-26)39-34-13-7-5-11-30(34)32-23-25(15-21-36(32)39)24-14-20-35-31(22-24)29-10-4-6-12-33(29)38(35)27-8-2-1-3-9-27/h1-23H. The summed E-state index contributed by atoms with van der Waals surface area (Å²) in [7, 11) is 0. The predicted molar refractivity (Wildman–Crippen MR) is 173 cm³/mol. The van der Waals surface area contributed by atoms with E-state index < -0.39 is 0 Å². The maximum absolute atomic E-state index is 2.38. The molecule has 8 rings (SSSR count). The van der Waals surface area contributed by atoms with E-state index in [2.05, 4.69) is 171 Å². The summed E-state index contributed by atoms with van der Waals surface area (Å²) in [6.07, 6.45) is 0. The van der Waals surface area contributed by atoms with Crippen LogP contribution in [0, 0.1) is 3.57 Å². The molecule has 0 aliphatic carbocycles. The summed E-state index contributed by atoms with van der Waals surface area (Å²) in [4.78, 5) is 0. The van der Waals surface area contributed by atoms with Gasteiger partial charge in [-0.3, -0.25) is 0 Å². The Morgan fingerprint density at radius 3 is 1.33 bits per heavy atom. The first-order chi connectivity index (χ1) is 19.3. The number of halogens is 1. The van der Waals surface area contributed by atoms with Crippen LogP contribution in [0.5, 0.6) is 0 Å². The van der Waals surface area contributed by atoms with Crippen LogP contribution in [0.25, 0.3) is 66.1 Å². The van der Waals surface area contributed by atoms with Gasteiger partial charge in [-0.1, -0.05) is 66.7 Å². The highest BCUT2D eigenvalue weighted by molar-refractivity contribution is 14.1. The number of hydrogen-bond donors (Lipinski definition) is 0. The Balaban J connectivity index is 1.35. The molecular formula is C36H23IN2. The fourth-order valence-corrected chi connectivity index (χ4v) is 6.39. The molecule has 0 bridgehead atoms. The Kier molecular flexibility index (Phi) is 5.13. The van der Waals surface area contributed by atoms with Crippen LogP contribution in [0.1, 0.15) is 0 Å². The normalized spacial score (nSPS) is 11.7. The van der Waals surface area contributed by atoms with E-state index in [1.165, 1.54) is 69.7 Å². The molecule has 184 valence electrons.